The summed E-state index contributed by atoms with van der Waals surface area (Å²) < 4.78 is 5.00. The van der Waals surface area contributed by atoms with Crippen LogP contribution in [0.3, 0.4) is 0 Å². The van der Waals surface area contributed by atoms with E-state index >= 15 is 0 Å². The van der Waals surface area contributed by atoms with E-state index in [0.717, 1.165) is 32.0 Å². The second-order valence-corrected chi connectivity index (χ2v) is 4.64. The number of hydrogen-bond donors (Lipinski definition) is 1. The summed E-state index contributed by atoms with van der Waals surface area (Å²) in [5.41, 5.74) is 0. The molecule has 0 aromatic heterocycles. The molecule has 15 heavy (non-hydrogen) atoms. The molecule has 0 amide bonds. The SMILES string of the molecule is COCCCNCCN1CCCC(C)C1. The maximum Gasteiger partial charge on any atom is 0.0474 e. The fourth-order valence-electron chi connectivity index (χ4n) is 2.19. The van der Waals surface area contributed by atoms with Crippen molar-refractivity contribution >= 4 is 0 Å². The third-order valence-electron chi connectivity index (χ3n) is 3.05. The maximum absolute atomic E-state index is 5.00. The lowest BCUT2D eigenvalue weighted by molar-refractivity contribution is 0.180. The highest BCUT2D eigenvalue weighted by Crippen LogP contribution is 2.14. The van der Waals surface area contributed by atoms with E-state index in [-0.39, 0.29) is 0 Å². The van der Waals surface area contributed by atoms with Gasteiger partial charge in [-0.05, 0) is 38.3 Å². The molecule has 1 aliphatic rings. The van der Waals surface area contributed by atoms with Gasteiger partial charge >= 0.3 is 0 Å². The molecule has 1 N–H and O–H groups in total. The van der Waals surface area contributed by atoms with Gasteiger partial charge in [-0.2, -0.15) is 0 Å². The molecule has 1 fully saturated rings. The lowest BCUT2D eigenvalue weighted by Gasteiger charge is -2.30. The van der Waals surface area contributed by atoms with Gasteiger partial charge in [0.15, 0.2) is 0 Å². The van der Waals surface area contributed by atoms with Gasteiger partial charge in [-0.15, -0.1) is 0 Å². The van der Waals surface area contributed by atoms with E-state index < -0.39 is 0 Å². The van der Waals surface area contributed by atoms with Crippen molar-refractivity contribution in [1.29, 1.82) is 0 Å². The van der Waals surface area contributed by atoms with E-state index in [2.05, 4.69) is 17.1 Å². The topological polar surface area (TPSA) is 24.5 Å². The molecule has 0 bridgehead atoms. The molecular weight excluding hydrogens is 188 g/mol. The summed E-state index contributed by atoms with van der Waals surface area (Å²) in [7, 11) is 1.76. The zero-order valence-corrected chi connectivity index (χ0v) is 10.3. The van der Waals surface area contributed by atoms with E-state index in [4.69, 9.17) is 4.74 Å². The highest BCUT2D eigenvalue weighted by Gasteiger charge is 2.14. The summed E-state index contributed by atoms with van der Waals surface area (Å²) in [5.74, 6) is 0.896. The Morgan fingerprint density at radius 1 is 1.40 bits per heavy atom. The van der Waals surface area contributed by atoms with Crippen molar-refractivity contribution in [2.75, 3.05) is 46.4 Å². The van der Waals surface area contributed by atoms with Crippen LogP contribution in [-0.4, -0.2) is 51.3 Å². The van der Waals surface area contributed by atoms with Gasteiger partial charge in [0.2, 0.25) is 0 Å². The number of nitrogens with one attached hydrogen (secondary N) is 1. The van der Waals surface area contributed by atoms with E-state index in [0.29, 0.717) is 0 Å². The lowest BCUT2D eigenvalue weighted by atomic mass is 10.0. The second-order valence-electron chi connectivity index (χ2n) is 4.64. The highest BCUT2D eigenvalue weighted by atomic mass is 16.5. The Balaban J connectivity index is 1.90. The first-order chi connectivity index (χ1) is 7.33. The number of piperidine rings is 1. The van der Waals surface area contributed by atoms with Crippen molar-refractivity contribution in [2.45, 2.75) is 26.2 Å². The number of rotatable bonds is 7. The van der Waals surface area contributed by atoms with Crippen LogP contribution in [0.1, 0.15) is 26.2 Å². The summed E-state index contributed by atoms with van der Waals surface area (Å²) >= 11 is 0. The molecule has 0 aliphatic carbocycles. The zero-order valence-electron chi connectivity index (χ0n) is 10.3. The average molecular weight is 214 g/mol. The number of nitrogens with zero attached hydrogens (tertiary/aromatic N) is 1. The molecule has 0 radical (unpaired) electrons. The largest absolute Gasteiger partial charge is 0.385 e. The summed E-state index contributed by atoms with van der Waals surface area (Å²) in [6, 6.07) is 0. The van der Waals surface area contributed by atoms with Gasteiger partial charge in [0.1, 0.15) is 0 Å². The Kier molecular flexibility index (Phi) is 6.98. The summed E-state index contributed by atoms with van der Waals surface area (Å²) in [4.78, 5) is 2.58. The normalized spacial score (nSPS) is 23.2. The van der Waals surface area contributed by atoms with Crippen LogP contribution in [0.15, 0.2) is 0 Å². The number of likely N-dealkylation sites (tertiary alicyclic amines) is 1. The van der Waals surface area contributed by atoms with E-state index in [1.165, 1.54) is 32.5 Å². The highest BCUT2D eigenvalue weighted by molar-refractivity contribution is 4.70. The monoisotopic (exact) mass is 214 g/mol. The van der Waals surface area contributed by atoms with Gasteiger partial charge in [-0.25, -0.2) is 0 Å². The molecule has 3 heteroatoms. The van der Waals surface area contributed by atoms with Crippen LogP contribution < -0.4 is 5.32 Å². The maximum atomic E-state index is 5.00. The van der Waals surface area contributed by atoms with Gasteiger partial charge in [-0.3, -0.25) is 0 Å². The van der Waals surface area contributed by atoms with Crippen molar-refractivity contribution in [2.24, 2.45) is 5.92 Å². The Morgan fingerprint density at radius 2 is 2.27 bits per heavy atom. The first-order valence-electron chi connectivity index (χ1n) is 6.25. The van der Waals surface area contributed by atoms with Crippen molar-refractivity contribution in [3.05, 3.63) is 0 Å². The average Bonchev–Trinajstić information content (AvgIpc) is 2.23. The molecule has 0 aromatic rings. The summed E-state index contributed by atoms with van der Waals surface area (Å²) in [6.45, 7) is 9.22. The van der Waals surface area contributed by atoms with Crippen molar-refractivity contribution in [3.8, 4) is 0 Å². The van der Waals surface area contributed by atoms with Gasteiger partial charge in [0, 0.05) is 33.4 Å². The predicted molar refractivity (Wildman–Crippen MR) is 64.2 cm³/mol. The van der Waals surface area contributed by atoms with Gasteiger partial charge < -0.3 is 15.0 Å². The minimum Gasteiger partial charge on any atom is -0.385 e. The molecule has 1 saturated heterocycles. The second kappa shape index (κ2) is 8.08. The van der Waals surface area contributed by atoms with Gasteiger partial charge in [-0.1, -0.05) is 6.92 Å². The minimum atomic E-state index is 0.869. The lowest BCUT2D eigenvalue weighted by Crippen LogP contribution is -2.39. The molecule has 90 valence electrons. The Labute approximate surface area is 94.2 Å². The molecule has 3 nitrogen and oxygen atoms in total. The molecular formula is C12H26N2O. The molecule has 0 aromatic carbocycles. The van der Waals surface area contributed by atoms with Crippen LogP contribution in [0.25, 0.3) is 0 Å². The molecule has 0 saturated carbocycles. The van der Waals surface area contributed by atoms with Gasteiger partial charge in [0.25, 0.3) is 0 Å². The van der Waals surface area contributed by atoms with Crippen LogP contribution in [0.4, 0.5) is 0 Å². The summed E-state index contributed by atoms with van der Waals surface area (Å²) in [6.07, 6.45) is 3.91. The van der Waals surface area contributed by atoms with Crippen LogP contribution in [-0.2, 0) is 4.74 Å². The third-order valence-corrected chi connectivity index (χ3v) is 3.05. The quantitative estimate of drug-likeness (QED) is 0.647. The van der Waals surface area contributed by atoms with E-state index in [1.54, 1.807) is 7.11 Å². The fourth-order valence-corrected chi connectivity index (χ4v) is 2.19. The molecule has 1 unspecified atom stereocenters. The molecule has 1 aliphatic heterocycles. The minimum absolute atomic E-state index is 0.869. The number of ether oxygens (including phenoxy) is 1. The molecule has 1 heterocycles. The van der Waals surface area contributed by atoms with Crippen LogP contribution in [0.5, 0.6) is 0 Å². The molecule has 1 atom stereocenters. The van der Waals surface area contributed by atoms with E-state index in [9.17, 15) is 0 Å². The number of hydrogen-bond acceptors (Lipinski definition) is 3. The standard InChI is InChI=1S/C12H26N2O/c1-12-5-3-8-14(11-12)9-7-13-6-4-10-15-2/h12-13H,3-11H2,1-2H3. The fraction of sp³-hybridized carbons (Fsp3) is 1.00. The van der Waals surface area contributed by atoms with Crippen LogP contribution >= 0.6 is 0 Å². The van der Waals surface area contributed by atoms with Crippen LogP contribution in [0.2, 0.25) is 0 Å². The molecule has 1 rings (SSSR count). The van der Waals surface area contributed by atoms with Crippen LogP contribution in [0, 0.1) is 5.92 Å². The van der Waals surface area contributed by atoms with E-state index in [1.807, 2.05) is 0 Å². The predicted octanol–water partition coefficient (Wildman–Crippen LogP) is 1.34. The Bertz CT molecular complexity index is 153. The van der Waals surface area contributed by atoms with Crippen molar-refractivity contribution < 1.29 is 4.74 Å². The smallest absolute Gasteiger partial charge is 0.0474 e. The first kappa shape index (κ1) is 12.9. The van der Waals surface area contributed by atoms with Crippen molar-refractivity contribution in [3.63, 3.8) is 0 Å². The third kappa shape index (κ3) is 6.13. The first-order valence-corrected chi connectivity index (χ1v) is 6.25. The number of methoxy groups -OCH3 is 1. The zero-order chi connectivity index (χ0) is 10.9. The molecule has 0 spiro atoms. The van der Waals surface area contributed by atoms with Crippen molar-refractivity contribution in [1.82, 2.24) is 10.2 Å². The Hall–Kier alpha value is -0.120. The Morgan fingerprint density at radius 3 is 3.00 bits per heavy atom. The van der Waals surface area contributed by atoms with Gasteiger partial charge in [0.05, 0.1) is 0 Å². The summed E-state index contributed by atoms with van der Waals surface area (Å²) in [5, 5.41) is 3.46.